The van der Waals surface area contributed by atoms with Crippen molar-refractivity contribution in [3.05, 3.63) is 65.2 Å². The van der Waals surface area contributed by atoms with Gasteiger partial charge in [0.25, 0.3) is 0 Å². The van der Waals surface area contributed by atoms with Gasteiger partial charge in [-0.25, -0.2) is 0 Å². The molecule has 2 heteroatoms. The maximum absolute atomic E-state index is 9.16. The van der Waals surface area contributed by atoms with E-state index in [0.717, 1.165) is 17.7 Å². The topological polar surface area (TPSA) is 35.8 Å². The van der Waals surface area contributed by atoms with E-state index in [9.17, 15) is 0 Å². The third-order valence-corrected chi connectivity index (χ3v) is 3.17. The zero-order valence-corrected chi connectivity index (χ0v) is 11.4. The molecular weight excluding hydrogens is 232 g/mol. The van der Waals surface area contributed by atoms with Crippen LogP contribution in [0, 0.1) is 18.3 Å². The van der Waals surface area contributed by atoms with E-state index in [-0.39, 0.29) is 6.04 Å². The maximum atomic E-state index is 9.16. The maximum Gasteiger partial charge on any atom is 0.101 e. The zero-order valence-electron chi connectivity index (χ0n) is 11.4. The summed E-state index contributed by atoms with van der Waals surface area (Å²) in [6.45, 7) is 4.17. The van der Waals surface area contributed by atoms with Gasteiger partial charge in [0.1, 0.15) is 6.07 Å². The van der Waals surface area contributed by atoms with Gasteiger partial charge >= 0.3 is 0 Å². The number of nitriles is 1. The first-order valence-electron chi connectivity index (χ1n) is 6.51. The van der Waals surface area contributed by atoms with E-state index in [0.29, 0.717) is 5.56 Å². The summed E-state index contributed by atoms with van der Waals surface area (Å²) in [5, 5.41) is 12.6. The molecule has 2 aromatic carbocycles. The standard InChI is InChI=1S/C17H18N2/c1-13-7-6-10-16(12-18)17(13)19-14(2)11-15-8-4-3-5-9-15/h3-10,14,19H,11H2,1-2H3. The Kier molecular flexibility index (Phi) is 4.20. The molecule has 0 aromatic heterocycles. The van der Waals surface area contributed by atoms with Crippen LogP contribution in [0.15, 0.2) is 48.5 Å². The molecule has 2 aromatic rings. The number of aryl methyl sites for hydroxylation is 1. The smallest absolute Gasteiger partial charge is 0.101 e. The highest BCUT2D eigenvalue weighted by Crippen LogP contribution is 2.21. The Balaban J connectivity index is 2.12. The first-order chi connectivity index (χ1) is 9.20. The van der Waals surface area contributed by atoms with Gasteiger partial charge in [0.05, 0.1) is 11.3 Å². The summed E-state index contributed by atoms with van der Waals surface area (Å²) in [6, 6.07) is 18.7. The molecule has 1 unspecified atom stereocenters. The molecule has 2 nitrogen and oxygen atoms in total. The molecule has 0 aliphatic rings. The van der Waals surface area contributed by atoms with Crippen LogP contribution in [0.1, 0.15) is 23.6 Å². The summed E-state index contributed by atoms with van der Waals surface area (Å²) in [4.78, 5) is 0. The van der Waals surface area contributed by atoms with Crippen LogP contribution in [-0.4, -0.2) is 6.04 Å². The third kappa shape index (κ3) is 3.35. The Bertz CT molecular complexity index is 582. The molecule has 0 heterocycles. The Morgan fingerprint density at radius 3 is 2.53 bits per heavy atom. The molecule has 0 radical (unpaired) electrons. The molecule has 0 fully saturated rings. The summed E-state index contributed by atoms with van der Waals surface area (Å²) in [5.41, 5.74) is 4.07. The van der Waals surface area contributed by atoms with Crippen LogP contribution in [0.3, 0.4) is 0 Å². The minimum absolute atomic E-state index is 0.288. The number of hydrogen-bond donors (Lipinski definition) is 1. The van der Waals surface area contributed by atoms with Crippen molar-refractivity contribution >= 4 is 5.69 Å². The van der Waals surface area contributed by atoms with Crippen LogP contribution in [0.2, 0.25) is 0 Å². The van der Waals surface area contributed by atoms with Crippen LogP contribution in [0.5, 0.6) is 0 Å². The predicted molar refractivity (Wildman–Crippen MR) is 79.1 cm³/mol. The highest BCUT2D eigenvalue weighted by Gasteiger charge is 2.09. The lowest BCUT2D eigenvalue weighted by Gasteiger charge is -2.18. The van der Waals surface area contributed by atoms with Gasteiger partial charge in [-0.15, -0.1) is 0 Å². The second-order valence-electron chi connectivity index (χ2n) is 4.84. The van der Waals surface area contributed by atoms with Gasteiger partial charge in [-0.05, 0) is 37.5 Å². The quantitative estimate of drug-likeness (QED) is 0.893. The minimum atomic E-state index is 0.288. The molecule has 1 atom stereocenters. The van der Waals surface area contributed by atoms with E-state index >= 15 is 0 Å². The van der Waals surface area contributed by atoms with Crippen molar-refractivity contribution in [2.24, 2.45) is 0 Å². The number of anilines is 1. The third-order valence-electron chi connectivity index (χ3n) is 3.17. The first-order valence-corrected chi connectivity index (χ1v) is 6.51. The first kappa shape index (κ1) is 13.2. The molecule has 1 N–H and O–H groups in total. The van der Waals surface area contributed by atoms with Crippen molar-refractivity contribution in [1.29, 1.82) is 5.26 Å². The van der Waals surface area contributed by atoms with Crippen molar-refractivity contribution in [3.63, 3.8) is 0 Å². The summed E-state index contributed by atoms with van der Waals surface area (Å²) in [6.07, 6.45) is 0.944. The van der Waals surface area contributed by atoms with Crippen molar-refractivity contribution in [3.8, 4) is 6.07 Å². The van der Waals surface area contributed by atoms with Crippen molar-refractivity contribution in [2.75, 3.05) is 5.32 Å². The minimum Gasteiger partial charge on any atom is -0.381 e. The van der Waals surface area contributed by atoms with Crippen molar-refractivity contribution in [1.82, 2.24) is 0 Å². The van der Waals surface area contributed by atoms with Crippen LogP contribution in [0.4, 0.5) is 5.69 Å². The van der Waals surface area contributed by atoms with Gasteiger partial charge in [0, 0.05) is 6.04 Å². The highest BCUT2D eigenvalue weighted by atomic mass is 14.9. The van der Waals surface area contributed by atoms with E-state index < -0.39 is 0 Å². The van der Waals surface area contributed by atoms with Crippen LogP contribution in [-0.2, 0) is 6.42 Å². The normalized spacial score (nSPS) is 11.6. The number of nitrogens with zero attached hydrogens (tertiary/aromatic N) is 1. The van der Waals surface area contributed by atoms with Gasteiger partial charge in [-0.3, -0.25) is 0 Å². The fraction of sp³-hybridized carbons (Fsp3) is 0.235. The van der Waals surface area contributed by atoms with Crippen molar-refractivity contribution < 1.29 is 0 Å². The number of benzene rings is 2. The molecule has 0 amide bonds. The Hall–Kier alpha value is -2.27. The average molecular weight is 250 g/mol. The molecule has 96 valence electrons. The fourth-order valence-corrected chi connectivity index (χ4v) is 2.22. The lowest BCUT2D eigenvalue weighted by Crippen LogP contribution is -2.19. The Morgan fingerprint density at radius 2 is 1.84 bits per heavy atom. The largest absolute Gasteiger partial charge is 0.381 e. The molecule has 0 saturated carbocycles. The number of hydrogen-bond acceptors (Lipinski definition) is 2. The van der Waals surface area contributed by atoms with Gasteiger partial charge in [-0.1, -0.05) is 42.5 Å². The second kappa shape index (κ2) is 6.06. The number of para-hydroxylation sites is 1. The Morgan fingerprint density at radius 1 is 1.11 bits per heavy atom. The SMILES string of the molecule is Cc1cccc(C#N)c1NC(C)Cc1ccccc1. The van der Waals surface area contributed by atoms with E-state index in [2.05, 4.69) is 42.6 Å². The summed E-state index contributed by atoms with van der Waals surface area (Å²) in [5.74, 6) is 0. The fourth-order valence-electron chi connectivity index (χ4n) is 2.22. The van der Waals surface area contributed by atoms with E-state index in [4.69, 9.17) is 5.26 Å². The summed E-state index contributed by atoms with van der Waals surface area (Å²) >= 11 is 0. The molecule has 19 heavy (non-hydrogen) atoms. The van der Waals surface area contributed by atoms with Crippen LogP contribution < -0.4 is 5.32 Å². The molecule has 0 aliphatic heterocycles. The van der Waals surface area contributed by atoms with E-state index in [1.54, 1.807) is 0 Å². The van der Waals surface area contributed by atoms with Gasteiger partial charge < -0.3 is 5.32 Å². The monoisotopic (exact) mass is 250 g/mol. The second-order valence-corrected chi connectivity index (χ2v) is 4.84. The van der Waals surface area contributed by atoms with Crippen molar-refractivity contribution in [2.45, 2.75) is 26.3 Å². The molecule has 2 rings (SSSR count). The Labute approximate surface area is 114 Å². The van der Waals surface area contributed by atoms with Crippen LogP contribution in [0.25, 0.3) is 0 Å². The lowest BCUT2D eigenvalue weighted by molar-refractivity contribution is 0.788. The molecule has 0 bridgehead atoms. The van der Waals surface area contributed by atoms with Gasteiger partial charge in [0.15, 0.2) is 0 Å². The predicted octanol–water partition coefficient (Wildman–Crippen LogP) is 3.91. The lowest BCUT2D eigenvalue weighted by atomic mass is 10.0. The summed E-state index contributed by atoms with van der Waals surface area (Å²) < 4.78 is 0. The van der Waals surface area contributed by atoms with Crippen LogP contribution >= 0.6 is 0 Å². The zero-order chi connectivity index (χ0) is 13.7. The van der Waals surface area contributed by atoms with E-state index in [1.807, 2.05) is 31.2 Å². The highest BCUT2D eigenvalue weighted by molar-refractivity contribution is 5.62. The molecule has 0 spiro atoms. The van der Waals surface area contributed by atoms with Gasteiger partial charge in [-0.2, -0.15) is 5.26 Å². The molecular formula is C17H18N2. The number of rotatable bonds is 4. The average Bonchev–Trinajstić information content (AvgIpc) is 2.42. The summed E-state index contributed by atoms with van der Waals surface area (Å²) in [7, 11) is 0. The molecule has 0 saturated heterocycles. The van der Waals surface area contributed by atoms with Gasteiger partial charge in [0.2, 0.25) is 0 Å². The molecule has 0 aliphatic carbocycles. The van der Waals surface area contributed by atoms with E-state index in [1.165, 1.54) is 5.56 Å². The number of nitrogens with one attached hydrogen (secondary N) is 1.